The zero-order valence-corrected chi connectivity index (χ0v) is 6.52. The molecule has 10 heavy (non-hydrogen) atoms. The number of carbonyl (C=O) groups is 1. The molecule has 0 aliphatic heterocycles. The molecule has 0 aliphatic rings. The molecule has 0 atom stereocenters. The van der Waals surface area contributed by atoms with Crippen molar-refractivity contribution in [3.05, 3.63) is 0 Å². The predicted molar refractivity (Wildman–Crippen MR) is 38.0 cm³/mol. The van der Waals surface area contributed by atoms with Gasteiger partial charge in [-0.3, -0.25) is 4.79 Å². The Bertz CT molecular complexity index is 102. The largest absolute Gasteiger partial charge is 0.354 e. The third kappa shape index (κ3) is 5.56. The zero-order chi connectivity index (χ0) is 7.98. The minimum absolute atomic E-state index is 0.0224. The lowest BCUT2D eigenvalue weighted by Crippen LogP contribution is -2.26. The van der Waals surface area contributed by atoms with Crippen LogP contribution in [0.25, 0.3) is 0 Å². The minimum atomic E-state index is -0.232. The highest BCUT2D eigenvalue weighted by atomic mass is 16.3. The lowest BCUT2D eigenvalue weighted by Gasteiger charge is -2.03. The van der Waals surface area contributed by atoms with E-state index < -0.39 is 0 Å². The highest BCUT2D eigenvalue weighted by molar-refractivity contribution is 5.75. The SMILES string of the molecule is CC(C)CC(=O)NCC[O]. The summed E-state index contributed by atoms with van der Waals surface area (Å²) in [5, 5.41) is 12.4. The molecular formula is C7H14NO2. The summed E-state index contributed by atoms with van der Waals surface area (Å²) in [4.78, 5) is 10.8. The summed E-state index contributed by atoms with van der Waals surface area (Å²) in [6.45, 7) is 3.96. The van der Waals surface area contributed by atoms with Gasteiger partial charge in [-0.25, -0.2) is 5.11 Å². The quantitative estimate of drug-likeness (QED) is 0.616. The Morgan fingerprint density at radius 2 is 2.10 bits per heavy atom. The van der Waals surface area contributed by atoms with Crippen molar-refractivity contribution < 1.29 is 9.90 Å². The first kappa shape index (κ1) is 9.43. The fourth-order valence-electron chi connectivity index (χ4n) is 0.633. The van der Waals surface area contributed by atoms with E-state index in [0.717, 1.165) is 0 Å². The third-order valence-electron chi connectivity index (χ3n) is 1.02. The molecule has 0 saturated carbocycles. The second-order valence-corrected chi connectivity index (χ2v) is 2.65. The third-order valence-corrected chi connectivity index (χ3v) is 1.02. The molecule has 0 aromatic rings. The summed E-state index contributed by atoms with van der Waals surface area (Å²) < 4.78 is 0. The molecule has 1 N–H and O–H groups in total. The second kappa shape index (κ2) is 5.23. The molecule has 0 heterocycles. The molecule has 0 rings (SSSR count). The zero-order valence-electron chi connectivity index (χ0n) is 6.52. The van der Waals surface area contributed by atoms with Crippen LogP contribution in [-0.4, -0.2) is 19.1 Å². The van der Waals surface area contributed by atoms with Crippen molar-refractivity contribution in [1.82, 2.24) is 5.32 Å². The summed E-state index contributed by atoms with van der Waals surface area (Å²) in [5.41, 5.74) is 0. The summed E-state index contributed by atoms with van der Waals surface area (Å²) in [6, 6.07) is 0. The van der Waals surface area contributed by atoms with Crippen LogP contribution in [0.5, 0.6) is 0 Å². The Kier molecular flexibility index (Phi) is 4.94. The maximum absolute atomic E-state index is 10.8. The highest BCUT2D eigenvalue weighted by Gasteiger charge is 2.02. The standard InChI is InChI=1S/C7H14NO2/c1-6(2)5-7(10)8-3-4-9/h6H,3-5H2,1-2H3,(H,8,10). The van der Waals surface area contributed by atoms with Crippen LogP contribution in [0.2, 0.25) is 0 Å². The van der Waals surface area contributed by atoms with Crippen molar-refractivity contribution >= 4 is 5.91 Å². The van der Waals surface area contributed by atoms with E-state index in [0.29, 0.717) is 12.3 Å². The number of hydrogen-bond donors (Lipinski definition) is 1. The maximum atomic E-state index is 10.8. The highest BCUT2D eigenvalue weighted by Crippen LogP contribution is 1.97. The van der Waals surface area contributed by atoms with Gasteiger partial charge in [-0.1, -0.05) is 13.8 Å². The lowest BCUT2D eigenvalue weighted by atomic mass is 10.1. The van der Waals surface area contributed by atoms with Crippen molar-refractivity contribution in [1.29, 1.82) is 0 Å². The Hall–Kier alpha value is -0.570. The van der Waals surface area contributed by atoms with Crippen LogP contribution in [0.3, 0.4) is 0 Å². The normalized spacial score (nSPS) is 10.0. The van der Waals surface area contributed by atoms with Crippen LogP contribution in [-0.2, 0) is 9.90 Å². The molecule has 1 amide bonds. The Labute approximate surface area is 61.4 Å². The Morgan fingerprint density at radius 1 is 1.50 bits per heavy atom. The number of amides is 1. The van der Waals surface area contributed by atoms with Gasteiger partial charge in [0.05, 0.1) is 6.61 Å². The minimum Gasteiger partial charge on any atom is -0.354 e. The van der Waals surface area contributed by atoms with Gasteiger partial charge in [0, 0.05) is 13.0 Å². The maximum Gasteiger partial charge on any atom is 0.220 e. The second-order valence-electron chi connectivity index (χ2n) is 2.65. The average Bonchev–Trinajstić information content (AvgIpc) is 1.82. The molecule has 1 radical (unpaired) electrons. The van der Waals surface area contributed by atoms with E-state index in [4.69, 9.17) is 0 Å². The van der Waals surface area contributed by atoms with Crippen LogP contribution in [0.15, 0.2) is 0 Å². The van der Waals surface area contributed by atoms with Gasteiger partial charge in [0.1, 0.15) is 0 Å². The molecule has 0 bridgehead atoms. The van der Waals surface area contributed by atoms with Gasteiger partial charge in [0.15, 0.2) is 0 Å². The van der Waals surface area contributed by atoms with E-state index >= 15 is 0 Å². The van der Waals surface area contributed by atoms with E-state index in [9.17, 15) is 9.90 Å². The van der Waals surface area contributed by atoms with E-state index in [1.54, 1.807) is 0 Å². The van der Waals surface area contributed by atoms with Gasteiger partial charge in [-0.05, 0) is 5.92 Å². The van der Waals surface area contributed by atoms with Crippen LogP contribution in [0.1, 0.15) is 20.3 Å². The van der Waals surface area contributed by atoms with Crippen molar-refractivity contribution in [3.63, 3.8) is 0 Å². The molecule has 0 aromatic carbocycles. The average molecular weight is 144 g/mol. The molecule has 0 fully saturated rings. The van der Waals surface area contributed by atoms with E-state index in [-0.39, 0.29) is 19.1 Å². The van der Waals surface area contributed by atoms with E-state index in [2.05, 4.69) is 5.32 Å². The summed E-state index contributed by atoms with van der Waals surface area (Å²) in [6.07, 6.45) is 0.514. The van der Waals surface area contributed by atoms with Crippen molar-refractivity contribution in [2.45, 2.75) is 20.3 Å². The first-order chi connectivity index (χ1) is 4.66. The topological polar surface area (TPSA) is 49.0 Å². The number of carbonyl (C=O) groups excluding carboxylic acids is 1. The number of nitrogens with one attached hydrogen (secondary N) is 1. The van der Waals surface area contributed by atoms with Crippen LogP contribution in [0, 0.1) is 5.92 Å². The molecular weight excluding hydrogens is 130 g/mol. The van der Waals surface area contributed by atoms with Crippen molar-refractivity contribution in [2.75, 3.05) is 13.2 Å². The molecule has 3 nitrogen and oxygen atoms in total. The molecule has 3 heteroatoms. The fourth-order valence-corrected chi connectivity index (χ4v) is 0.633. The van der Waals surface area contributed by atoms with Crippen LogP contribution >= 0.6 is 0 Å². The van der Waals surface area contributed by atoms with Gasteiger partial charge < -0.3 is 5.32 Å². The molecule has 0 saturated heterocycles. The van der Waals surface area contributed by atoms with Gasteiger partial charge in [-0.2, -0.15) is 0 Å². The van der Waals surface area contributed by atoms with Crippen LogP contribution < -0.4 is 5.32 Å². The fraction of sp³-hybridized carbons (Fsp3) is 0.857. The molecule has 0 spiro atoms. The van der Waals surface area contributed by atoms with E-state index in [1.807, 2.05) is 13.8 Å². The predicted octanol–water partition coefficient (Wildman–Crippen LogP) is 0.579. The first-order valence-electron chi connectivity index (χ1n) is 3.51. The molecule has 59 valence electrons. The van der Waals surface area contributed by atoms with Gasteiger partial charge >= 0.3 is 0 Å². The van der Waals surface area contributed by atoms with Gasteiger partial charge in [-0.15, -0.1) is 0 Å². The van der Waals surface area contributed by atoms with Crippen molar-refractivity contribution in [3.8, 4) is 0 Å². The first-order valence-corrected chi connectivity index (χ1v) is 3.51. The summed E-state index contributed by atoms with van der Waals surface area (Å²) in [5.74, 6) is 0.345. The molecule has 0 aliphatic carbocycles. The monoisotopic (exact) mass is 144 g/mol. The van der Waals surface area contributed by atoms with Gasteiger partial charge in [0.2, 0.25) is 5.91 Å². The summed E-state index contributed by atoms with van der Waals surface area (Å²) >= 11 is 0. The van der Waals surface area contributed by atoms with E-state index in [1.165, 1.54) is 0 Å². The van der Waals surface area contributed by atoms with Crippen LogP contribution in [0.4, 0.5) is 0 Å². The molecule has 0 unspecified atom stereocenters. The number of hydrogen-bond acceptors (Lipinski definition) is 1. The smallest absolute Gasteiger partial charge is 0.220 e. The van der Waals surface area contributed by atoms with Gasteiger partial charge in [0.25, 0.3) is 0 Å². The lowest BCUT2D eigenvalue weighted by molar-refractivity contribution is -0.122. The summed E-state index contributed by atoms with van der Waals surface area (Å²) in [7, 11) is 0. The van der Waals surface area contributed by atoms with Crippen molar-refractivity contribution in [2.24, 2.45) is 5.92 Å². The Balaban J connectivity index is 3.26. The Morgan fingerprint density at radius 3 is 2.50 bits per heavy atom. The number of rotatable bonds is 4. The molecule has 0 aromatic heterocycles.